The Kier molecular flexibility index (Phi) is 5.76. The van der Waals surface area contributed by atoms with Crippen LogP contribution in [0.3, 0.4) is 0 Å². The molecule has 0 amide bonds. The van der Waals surface area contributed by atoms with E-state index in [-0.39, 0.29) is 0 Å². The molecule has 1 saturated carbocycles. The molecule has 29 heavy (non-hydrogen) atoms. The van der Waals surface area contributed by atoms with E-state index in [4.69, 9.17) is 0 Å². The van der Waals surface area contributed by atoms with E-state index >= 15 is 0 Å². The largest absolute Gasteiger partial charge is 0.220 e. The predicted molar refractivity (Wildman–Crippen MR) is 124 cm³/mol. The number of hydrogen-bond donors (Lipinski definition) is 0. The molecule has 0 radical (unpaired) electrons. The molecule has 0 saturated heterocycles. The standard InChI is InChI=1S/C28H36N/c1-19(2)15-22-12-14-26-25(17-22)16-21(4)29(5)28(26)27-18-24(13-11-20(27)3)23-9-7-6-8-10-23/h11-14,16-19,23H,6-10,15H2,1-5H3/q+1. The summed E-state index contributed by atoms with van der Waals surface area (Å²) in [6, 6.07) is 16.7. The van der Waals surface area contributed by atoms with E-state index in [1.165, 1.54) is 76.5 Å². The van der Waals surface area contributed by atoms with Crippen LogP contribution in [0.4, 0.5) is 0 Å². The van der Waals surface area contributed by atoms with Crippen LogP contribution in [0, 0.1) is 19.8 Å². The van der Waals surface area contributed by atoms with Crippen LogP contribution >= 0.6 is 0 Å². The molecule has 4 rings (SSSR count). The van der Waals surface area contributed by atoms with Gasteiger partial charge in [0.05, 0.1) is 5.39 Å². The van der Waals surface area contributed by atoms with Crippen molar-refractivity contribution in [2.75, 3.05) is 0 Å². The van der Waals surface area contributed by atoms with Gasteiger partial charge in [0.25, 0.3) is 0 Å². The first-order chi connectivity index (χ1) is 13.9. The zero-order valence-electron chi connectivity index (χ0n) is 18.9. The van der Waals surface area contributed by atoms with E-state index in [0.29, 0.717) is 5.92 Å². The van der Waals surface area contributed by atoms with E-state index in [2.05, 4.69) is 81.8 Å². The van der Waals surface area contributed by atoms with Gasteiger partial charge in [0.2, 0.25) is 5.69 Å². The van der Waals surface area contributed by atoms with Gasteiger partial charge in [-0.05, 0) is 72.2 Å². The molecular formula is C28H36N+. The minimum Gasteiger partial charge on any atom is -0.198 e. The van der Waals surface area contributed by atoms with Crippen molar-refractivity contribution in [2.45, 2.75) is 72.1 Å². The normalized spacial score (nSPS) is 15.4. The van der Waals surface area contributed by atoms with Crippen LogP contribution in [-0.4, -0.2) is 0 Å². The number of hydrogen-bond acceptors (Lipinski definition) is 0. The van der Waals surface area contributed by atoms with Crippen LogP contribution in [-0.2, 0) is 13.5 Å². The summed E-state index contributed by atoms with van der Waals surface area (Å²) >= 11 is 0. The van der Waals surface area contributed by atoms with Gasteiger partial charge in [0, 0.05) is 18.6 Å². The Bertz CT molecular complexity index is 1020. The maximum atomic E-state index is 2.50. The average Bonchev–Trinajstić information content (AvgIpc) is 2.70. The molecule has 0 spiro atoms. The molecule has 1 aromatic heterocycles. The average molecular weight is 387 g/mol. The van der Waals surface area contributed by atoms with Crippen molar-refractivity contribution in [3.63, 3.8) is 0 Å². The minimum absolute atomic E-state index is 0.683. The van der Waals surface area contributed by atoms with E-state index < -0.39 is 0 Å². The van der Waals surface area contributed by atoms with Gasteiger partial charge < -0.3 is 0 Å². The Balaban J connectivity index is 1.87. The maximum absolute atomic E-state index is 2.50. The first-order valence-corrected chi connectivity index (χ1v) is 11.5. The molecule has 0 aliphatic heterocycles. The highest BCUT2D eigenvalue weighted by molar-refractivity contribution is 5.94. The summed E-state index contributed by atoms with van der Waals surface area (Å²) in [5.74, 6) is 1.42. The summed E-state index contributed by atoms with van der Waals surface area (Å²) in [5, 5.41) is 2.74. The first-order valence-electron chi connectivity index (χ1n) is 11.5. The Morgan fingerprint density at radius 2 is 1.69 bits per heavy atom. The first kappa shape index (κ1) is 20.1. The predicted octanol–water partition coefficient (Wildman–Crippen LogP) is 7.19. The van der Waals surface area contributed by atoms with Crippen molar-refractivity contribution in [3.05, 3.63) is 64.8 Å². The lowest BCUT2D eigenvalue weighted by molar-refractivity contribution is -0.665. The molecule has 0 N–H and O–H groups in total. The molecule has 0 atom stereocenters. The number of pyridine rings is 1. The smallest absolute Gasteiger partial charge is 0.198 e. The van der Waals surface area contributed by atoms with E-state index in [1.54, 1.807) is 0 Å². The van der Waals surface area contributed by atoms with Gasteiger partial charge in [0.1, 0.15) is 7.05 Å². The molecular weight excluding hydrogens is 350 g/mol. The van der Waals surface area contributed by atoms with Gasteiger partial charge in [-0.1, -0.05) is 57.4 Å². The third-order valence-electron chi connectivity index (χ3n) is 6.84. The monoisotopic (exact) mass is 386 g/mol. The highest BCUT2D eigenvalue weighted by Crippen LogP contribution is 2.36. The maximum Gasteiger partial charge on any atom is 0.220 e. The van der Waals surface area contributed by atoms with Crippen LogP contribution in [0.2, 0.25) is 0 Å². The van der Waals surface area contributed by atoms with Gasteiger partial charge in [-0.3, -0.25) is 0 Å². The molecule has 0 unspecified atom stereocenters. The Labute approximate surface area is 176 Å². The van der Waals surface area contributed by atoms with Crippen molar-refractivity contribution in [1.29, 1.82) is 0 Å². The number of fused-ring (bicyclic) bond motifs is 1. The lowest BCUT2D eigenvalue weighted by Crippen LogP contribution is -2.35. The van der Waals surface area contributed by atoms with Crippen molar-refractivity contribution >= 4 is 10.8 Å². The summed E-state index contributed by atoms with van der Waals surface area (Å²) in [7, 11) is 2.22. The third-order valence-corrected chi connectivity index (χ3v) is 6.84. The Morgan fingerprint density at radius 1 is 0.931 bits per heavy atom. The van der Waals surface area contributed by atoms with Crippen LogP contribution in [0.5, 0.6) is 0 Å². The minimum atomic E-state index is 0.683. The van der Waals surface area contributed by atoms with Crippen LogP contribution < -0.4 is 4.57 Å². The number of benzene rings is 2. The number of aryl methyl sites for hydroxylation is 2. The quantitative estimate of drug-likeness (QED) is 0.418. The van der Waals surface area contributed by atoms with E-state index in [9.17, 15) is 0 Å². The molecule has 2 aromatic carbocycles. The molecule has 1 heterocycles. The van der Waals surface area contributed by atoms with Gasteiger partial charge in [0.15, 0.2) is 5.69 Å². The second-order valence-electron chi connectivity index (χ2n) is 9.62. The lowest BCUT2D eigenvalue weighted by Gasteiger charge is -2.23. The Morgan fingerprint density at radius 3 is 2.41 bits per heavy atom. The van der Waals surface area contributed by atoms with Crippen LogP contribution in [0.15, 0.2) is 42.5 Å². The lowest BCUT2D eigenvalue weighted by atomic mass is 9.82. The van der Waals surface area contributed by atoms with Gasteiger partial charge in [-0.15, -0.1) is 0 Å². The molecule has 1 aliphatic carbocycles. The van der Waals surface area contributed by atoms with Gasteiger partial charge >= 0.3 is 0 Å². The van der Waals surface area contributed by atoms with Crippen LogP contribution in [0.25, 0.3) is 22.0 Å². The van der Waals surface area contributed by atoms with Crippen molar-refractivity contribution in [3.8, 4) is 11.3 Å². The van der Waals surface area contributed by atoms with Gasteiger partial charge in [-0.25, -0.2) is 0 Å². The molecule has 3 aromatic rings. The van der Waals surface area contributed by atoms with Gasteiger partial charge in [-0.2, -0.15) is 4.57 Å². The molecule has 1 aliphatic rings. The summed E-state index contributed by atoms with van der Waals surface area (Å²) in [4.78, 5) is 0. The third kappa shape index (κ3) is 4.10. The van der Waals surface area contributed by atoms with E-state index in [1.807, 2.05) is 0 Å². The fourth-order valence-electron chi connectivity index (χ4n) is 5.13. The zero-order chi connectivity index (χ0) is 20.5. The van der Waals surface area contributed by atoms with Crippen LogP contribution in [0.1, 0.15) is 74.3 Å². The second-order valence-corrected chi connectivity index (χ2v) is 9.62. The zero-order valence-corrected chi connectivity index (χ0v) is 18.9. The second kappa shape index (κ2) is 8.30. The summed E-state index contributed by atoms with van der Waals surface area (Å²) in [6.45, 7) is 9.09. The molecule has 1 heteroatoms. The highest BCUT2D eigenvalue weighted by Gasteiger charge is 2.22. The fourth-order valence-corrected chi connectivity index (χ4v) is 5.13. The number of rotatable bonds is 4. The molecule has 1 fully saturated rings. The summed E-state index contributed by atoms with van der Waals surface area (Å²) in [6.07, 6.45) is 8.01. The number of nitrogens with zero attached hydrogens (tertiary/aromatic N) is 1. The fraction of sp³-hybridized carbons (Fsp3) is 0.464. The van der Waals surface area contributed by atoms with Crippen molar-refractivity contribution < 1.29 is 4.57 Å². The molecule has 0 bridgehead atoms. The SMILES string of the molecule is Cc1ccc(C2CCCCC2)cc1-c1c2ccc(CC(C)C)cc2cc(C)[n+]1C. The van der Waals surface area contributed by atoms with Crippen molar-refractivity contribution in [1.82, 2.24) is 0 Å². The highest BCUT2D eigenvalue weighted by atomic mass is 14.9. The Hall–Kier alpha value is -2.15. The number of aromatic nitrogens is 1. The van der Waals surface area contributed by atoms with Crippen molar-refractivity contribution in [2.24, 2.45) is 13.0 Å². The molecule has 152 valence electrons. The topological polar surface area (TPSA) is 3.88 Å². The summed E-state index contributed by atoms with van der Waals surface area (Å²) < 4.78 is 2.39. The molecule has 1 nitrogen and oxygen atoms in total. The van der Waals surface area contributed by atoms with E-state index in [0.717, 1.165) is 12.3 Å². The summed E-state index contributed by atoms with van der Waals surface area (Å²) in [5.41, 5.74) is 8.44.